The van der Waals surface area contributed by atoms with Crippen LogP contribution in [0.4, 0.5) is 0 Å². The fourth-order valence-corrected chi connectivity index (χ4v) is 1.56. The average molecular weight is 237 g/mol. The smallest absolute Gasteiger partial charge is 0.273 e. The molecule has 1 fully saturated rings. The maximum absolute atomic E-state index is 11.2. The number of hydrogen-bond donors (Lipinski definition) is 6. The molecule has 0 aromatic heterocycles. The van der Waals surface area contributed by atoms with E-state index in [1.54, 1.807) is 0 Å². The van der Waals surface area contributed by atoms with Crippen LogP contribution in [-0.4, -0.2) is 67.7 Å². The molecule has 0 aromatic carbocycles. The summed E-state index contributed by atoms with van der Waals surface area (Å²) in [5, 5.41) is 47.0. The Morgan fingerprint density at radius 1 is 1.44 bits per heavy atom. The number of rotatable bonds is 2. The van der Waals surface area contributed by atoms with E-state index in [4.69, 9.17) is 10.8 Å². The van der Waals surface area contributed by atoms with Gasteiger partial charge in [0.05, 0.1) is 6.61 Å². The van der Waals surface area contributed by atoms with Crippen molar-refractivity contribution >= 4 is 5.78 Å². The van der Waals surface area contributed by atoms with Crippen LogP contribution in [0.25, 0.3) is 0 Å². The lowest BCUT2D eigenvalue weighted by Crippen LogP contribution is -2.79. The molecule has 8 nitrogen and oxygen atoms in total. The quantitative estimate of drug-likeness (QED) is 0.266. The number of ether oxygens (including phenoxy) is 1. The third kappa shape index (κ3) is 1.64. The van der Waals surface area contributed by atoms with Crippen molar-refractivity contribution in [3.63, 3.8) is 0 Å². The lowest BCUT2D eigenvalue weighted by atomic mass is 9.85. The molecule has 8 heteroatoms. The number of aliphatic hydroxyl groups excluding tert-OH is 3. The third-order valence-electron chi connectivity index (χ3n) is 2.68. The zero-order valence-electron chi connectivity index (χ0n) is 8.57. The van der Waals surface area contributed by atoms with Gasteiger partial charge in [0.2, 0.25) is 5.72 Å². The van der Waals surface area contributed by atoms with Gasteiger partial charge in [-0.25, -0.2) is 0 Å². The monoisotopic (exact) mass is 237 g/mol. The first-order valence-corrected chi connectivity index (χ1v) is 4.58. The second kappa shape index (κ2) is 4.00. The minimum atomic E-state index is -2.88. The molecular weight excluding hydrogens is 222 g/mol. The summed E-state index contributed by atoms with van der Waals surface area (Å²) in [5.74, 6) is -3.93. The lowest BCUT2D eigenvalue weighted by molar-refractivity contribution is -0.367. The van der Waals surface area contributed by atoms with Crippen LogP contribution in [0.2, 0.25) is 0 Å². The Kier molecular flexibility index (Phi) is 3.37. The van der Waals surface area contributed by atoms with Gasteiger partial charge in [-0.1, -0.05) is 0 Å². The second-order valence-corrected chi connectivity index (χ2v) is 3.80. The molecular formula is C8H15NO7. The average Bonchev–Trinajstić information content (AvgIpc) is 2.21. The summed E-state index contributed by atoms with van der Waals surface area (Å²) >= 11 is 0. The van der Waals surface area contributed by atoms with Crippen LogP contribution in [-0.2, 0) is 9.53 Å². The molecule has 1 saturated heterocycles. The van der Waals surface area contributed by atoms with Gasteiger partial charge < -0.3 is 30.3 Å². The molecule has 0 aliphatic carbocycles. The Hall–Kier alpha value is -0.610. The van der Waals surface area contributed by atoms with Crippen molar-refractivity contribution < 1.29 is 35.1 Å². The molecule has 5 atom stereocenters. The Bertz CT molecular complexity index is 294. The molecule has 16 heavy (non-hydrogen) atoms. The standard InChI is InChI=1S/C8H15NO7/c1-3(11)8(15)7(9,14)6(13)5(12)4(2-10)16-8/h4-6,10,12-15H,2,9H2,1H3. The van der Waals surface area contributed by atoms with E-state index < -0.39 is 42.2 Å². The Morgan fingerprint density at radius 2 is 1.94 bits per heavy atom. The molecule has 5 unspecified atom stereocenters. The van der Waals surface area contributed by atoms with Crippen molar-refractivity contribution in [3.8, 4) is 0 Å². The number of carbonyl (C=O) groups is 1. The normalized spacial score (nSPS) is 49.1. The summed E-state index contributed by atoms with van der Waals surface area (Å²) in [7, 11) is 0. The third-order valence-corrected chi connectivity index (χ3v) is 2.68. The molecule has 0 saturated carbocycles. The first-order valence-electron chi connectivity index (χ1n) is 4.58. The predicted molar refractivity (Wildman–Crippen MR) is 48.7 cm³/mol. The molecule has 0 bridgehead atoms. The number of nitrogens with two attached hydrogens (primary N) is 1. The zero-order valence-corrected chi connectivity index (χ0v) is 8.57. The van der Waals surface area contributed by atoms with Gasteiger partial charge in [0, 0.05) is 6.92 Å². The van der Waals surface area contributed by atoms with E-state index in [1.165, 1.54) is 0 Å². The Morgan fingerprint density at radius 3 is 2.31 bits per heavy atom. The summed E-state index contributed by atoms with van der Waals surface area (Å²) in [6, 6.07) is 0. The molecule has 0 aromatic rings. The molecule has 94 valence electrons. The van der Waals surface area contributed by atoms with Crippen molar-refractivity contribution in [1.82, 2.24) is 0 Å². The molecule has 0 spiro atoms. The molecule has 1 aliphatic heterocycles. The number of aliphatic hydroxyl groups is 5. The van der Waals surface area contributed by atoms with Crippen LogP contribution < -0.4 is 5.73 Å². The number of hydrogen-bond acceptors (Lipinski definition) is 8. The molecule has 1 aliphatic rings. The van der Waals surface area contributed by atoms with Gasteiger partial charge in [-0.2, -0.15) is 0 Å². The molecule has 0 amide bonds. The molecule has 1 heterocycles. The van der Waals surface area contributed by atoms with Crippen LogP contribution in [0, 0.1) is 0 Å². The fourth-order valence-electron chi connectivity index (χ4n) is 1.56. The van der Waals surface area contributed by atoms with Crippen LogP contribution >= 0.6 is 0 Å². The van der Waals surface area contributed by atoms with Gasteiger partial charge in [-0.3, -0.25) is 10.5 Å². The van der Waals surface area contributed by atoms with Gasteiger partial charge in [-0.05, 0) is 0 Å². The minimum absolute atomic E-state index is 0.760. The molecule has 7 N–H and O–H groups in total. The van der Waals surface area contributed by atoms with E-state index in [2.05, 4.69) is 4.74 Å². The maximum atomic E-state index is 11.2. The fraction of sp³-hybridized carbons (Fsp3) is 0.875. The van der Waals surface area contributed by atoms with Gasteiger partial charge >= 0.3 is 0 Å². The maximum Gasteiger partial charge on any atom is 0.273 e. The van der Waals surface area contributed by atoms with Crippen molar-refractivity contribution in [2.24, 2.45) is 5.73 Å². The van der Waals surface area contributed by atoms with E-state index in [-0.39, 0.29) is 0 Å². The minimum Gasteiger partial charge on any atom is -0.394 e. The molecule has 1 rings (SSSR count). The highest BCUT2D eigenvalue weighted by atomic mass is 16.7. The first-order chi connectivity index (χ1) is 7.18. The topological polar surface area (TPSA) is 153 Å². The highest BCUT2D eigenvalue weighted by Gasteiger charge is 2.64. The second-order valence-electron chi connectivity index (χ2n) is 3.80. The summed E-state index contributed by atoms with van der Waals surface area (Å²) in [5.41, 5.74) is 2.32. The number of ketones is 1. The van der Waals surface area contributed by atoms with Crippen molar-refractivity contribution in [2.75, 3.05) is 6.61 Å². The Balaban J connectivity index is 3.15. The van der Waals surface area contributed by atoms with Crippen LogP contribution in [0.3, 0.4) is 0 Å². The highest BCUT2D eigenvalue weighted by molar-refractivity contribution is 5.84. The SMILES string of the molecule is CC(=O)C1(O)OC(CO)C(O)C(O)C1(N)O. The summed E-state index contributed by atoms with van der Waals surface area (Å²) in [4.78, 5) is 11.2. The number of carbonyl (C=O) groups excluding carboxylic acids is 1. The van der Waals surface area contributed by atoms with E-state index in [1.807, 2.05) is 0 Å². The van der Waals surface area contributed by atoms with E-state index in [0.717, 1.165) is 6.92 Å². The lowest BCUT2D eigenvalue weighted by Gasteiger charge is -2.49. The van der Waals surface area contributed by atoms with E-state index in [9.17, 15) is 25.2 Å². The van der Waals surface area contributed by atoms with E-state index in [0.29, 0.717) is 0 Å². The summed E-state index contributed by atoms with van der Waals surface area (Å²) < 4.78 is 4.65. The van der Waals surface area contributed by atoms with Gasteiger partial charge in [0.1, 0.15) is 18.3 Å². The first kappa shape index (κ1) is 13.5. The summed E-state index contributed by atoms with van der Waals surface area (Å²) in [6.07, 6.45) is -5.18. The summed E-state index contributed by atoms with van der Waals surface area (Å²) in [6.45, 7) is 0.126. The largest absolute Gasteiger partial charge is 0.394 e. The van der Waals surface area contributed by atoms with Crippen LogP contribution in [0.1, 0.15) is 6.92 Å². The van der Waals surface area contributed by atoms with Gasteiger partial charge in [-0.15, -0.1) is 0 Å². The van der Waals surface area contributed by atoms with Crippen molar-refractivity contribution in [3.05, 3.63) is 0 Å². The van der Waals surface area contributed by atoms with Crippen molar-refractivity contribution in [1.29, 1.82) is 0 Å². The Labute approximate surface area is 90.9 Å². The van der Waals surface area contributed by atoms with Crippen molar-refractivity contribution in [2.45, 2.75) is 36.7 Å². The highest BCUT2D eigenvalue weighted by Crippen LogP contribution is 2.33. The van der Waals surface area contributed by atoms with Gasteiger partial charge in [0.25, 0.3) is 5.79 Å². The van der Waals surface area contributed by atoms with Crippen LogP contribution in [0.5, 0.6) is 0 Å². The van der Waals surface area contributed by atoms with E-state index >= 15 is 0 Å². The predicted octanol–water partition coefficient (Wildman–Crippen LogP) is -3.98. The molecule has 0 radical (unpaired) electrons. The number of Topliss-reactive ketones (excluding diaryl/α,β-unsaturated/α-hetero) is 1. The van der Waals surface area contributed by atoms with Crippen LogP contribution in [0.15, 0.2) is 0 Å². The van der Waals surface area contributed by atoms with Gasteiger partial charge in [0.15, 0.2) is 5.78 Å². The zero-order chi connectivity index (χ0) is 12.7.